The number of carbonyl (C=O) groups is 1. The Kier molecular flexibility index (Phi) is 5.16. The van der Waals surface area contributed by atoms with Crippen LogP contribution in [0.15, 0.2) is 36.4 Å². The van der Waals surface area contributed by atoms with Crippen molar-refractivity contribution in [2.45, 2.75) is 39.5 Å². The van der Waals surface area contributed by atoms with E-state index < -0.39 is 0 Å². The molecular formula is C18H22O2. The van der Waals surface area contributed by atoms with E-state index in [1.54, 1.807) is 6.92 Å². The van der Waals surface area contributed by atoms with Crippen molar-refractivity contribution < 1.29 is 9.53 Å². The number of benzene rings is 2. The van der Waals surface area contributed by atoms with Crippen LogP contribution in [0.25, 0.3) is 10.8 Å². The van der Waals surface area contributed by atoms with Gasteiger partial charge >= 0.3 is 0 Å². The van der Waals surface area contributed by atoms with E-state index in [9.17, 15) is 4.79 Å². The van der Waals surface area contributed by atoms with E-state index >= 15 is 0 Å². The standard InChI is InChI=1S/C18H22O2/c1-3-4-5-6-11-20-18-10-9-15-7-8-16(14(2)19)12-17(15)13-18/h7-10,12-13H,3-6,11H2,1-2H3. The largest absolute Gasteiger partial charge is 0.494 e. The Morgan fingerprint density at radius 1 is 1.00 bits per heavy atom. The smallest absolute Gasteiger partial charge is 0.159 e. The van der Waals surface area contributed by atoms with Crippen LogP contribution in [0.3, 0.4) is 0 Å². The lowest BCUT2D eigenvalue weighted by molar-refractivity contribution is 0.101. The highest BCUT2D eigenvalue weighted by molar-refractivity contribution is 5.98. The van der Waals surface area contributed by atoms with Gasteiger partial charge in [-0.15, -0.1) is 0 Å². The fraction of sp³-hybridized carbons (Fsp3) is 0.389. The van der Waals surface area contributed by atoms with Gasteiger partial charge in [0, 0.05) is 5.56 Å². The van der Waals surface area contributed by atoms with Gasteiger partial charge in [-0.3, -0.25) is 4.79 Å². The van der Waals surface area contributed by atoms with Crippen LogP contribution in [0.1, 0.15) is 49.9 Å². The van der Waals surface area contributed by atoms with Gasteiger partial charge in [-0.05, 0) is 42.3 Å². The van der Waals surface area contributed by atoms with Crippen molar-refractivity contribution in [3.8, 4) is 5.75 Å². The molecule has 0 saturated heterocycles. The summed E-state index contributed by atoms with van der Waals surface area (Å²) in [6, 6.07) is 11.8. The lowest BCUT2D eigenvalue weighted by Crippen LogP contribution is -1.97. The maximum absolute atomic E-state index is 11.4. The summed E-state index contributed by atoms with van der Waals surface area (Å²) in [4.78, 5) is 11.4. The van der Waals surface area contributed by atoms with E-state index in [2.05, 4.69) is 6.92 Å². The molecule has 0 unspecified atom stereocenters. The molecular weight excluding hydrogens is 248 g/mol. The predicted octanol–water partition coefficient (Wildman–Crippen LogP) is 5.00. The molecule has 0 radical (unpaired) electrons. The third-order valence-corrected chi connectivity index (χ3v) is 3.48. The minimum atomic E-state index is 0.0952. The fourth-order valence-electron chi connectivity index (χ4n) is 2.25. The summed E-state index contributed by atoms with van der Waals surface area (Å²) >= 11 is 0. The quantitative estimate of drug-likeness (QED) is 0.522. The van der Waals surface area contributed by atoms with E-state index in [0.717, 1.165) is 35.1 Å². The highest BCUT2D eigenvalue weighted by atomic mass is 16.5. The molecule has 106 valence electrons. The normalized spacial score (nSPS) is 10.7. The van der Waals surface area contributed by atoms with Crippen molar-refractivity contribution in [3.63, 3.8) is 0 Å². The van der Waals surface area contributed by atoms with Crippen molar-refractivity contribution in [1.29, 1.82) is 0 Å². The summed E-state index contributed by atoms with van der Waals surface area (Å²) in [6.45, 7) is 4.56. The van der Waals surface area contributed by atoms with Gasteiger partial charge in [-0.25, -0.2) is 0 Å². The molecule has 0 aliphatic heterocycles. The van der Waals surface area contributed by atoms with E-state index in [0.29, 0.717) is 0 Å². The van der Waals surface area contributed by atoms with Crippen LogP contribution in [0.4, 0.5) is 0 Å². The number of ether oxygens (including phenoxy) is 1. The van der Waals surface area contributed by atoms with Crippen LogP contribution in [0.2, 0.25) is 0 Å². The molecule has 0 aliphatic rings. The Balaban J connectivity index is 2.05. The Labute approximate surface area is 120 Å². The average Bonchev–Trinajstić information content (AvgIpc) is 2.46. The van der Waals surface area contributed by atoms with Gasteiger partial charge in [0.2, 0.25) is 0 Å². The monoisotopic (exact) mass is 270 g/mol. The van der Waals surface area contributed by atoms with Crippen molar-refractivity contribution in [2.75, 3.05) is 6.61 Å². The first-order valence-electron chi connectivity index (χ1n) is 7.38. The van der Waals surface area contributed by atoms with Gasteiger partial charge in [0.05, 0.1) is 6.61 Å². The number of fused-ring (bicyclic) bond motifs is 1. The van der Waals surface area contributed by atoms with Gasteiger partial charge in [0.25, 0.3) is 0 Å². The zero-order chi connectivity index (χ0) is 14.4. The molecule has 0 heterocycles. The van der Waals surface area contributed by atoms with Crippen molar-refractivity contribution in [3.05, 3.63) is 42.0 Å². The number of Topliss-reactive ketones (excluding diaryl/α,β-unsaturated/α-hetero) is 1. The number of hydrogen-bond donors (Lipinski definition) is 0. The molecule has 0 aromatic heterocycles. The molecule has 0 aliphatic carbocycles. The van der Waals surface area contributed by atoms with E-state index in [4.69, 9.17) is 4.74 Å². The summed E-state index contributed by atoms with van der Waals surface area (Å²) in [7, 11) is 0. The van der Waals surface area contributed by atoms with E-state index in [1.165, 1.54) is 19.3 Å². The second kappa shape index (κ2) is 7.09. The highest BCUT2D eigenvalue weighted by Crippen LogP contribution is 2.22. The highest BCUT2D eigenvalue weighted by Gasteiger charge is 2.02. The molecule has 0 spiro atoms. The minimum absolute atomic E-state index is 0.0952. The number of rotatable bonds is 7. The van der Waals surface area contributed by atoms with Gasteiger partial charge in [0.1, 0.15) is 5.75 Å². The van der Waals surface area contributed by atoms with Gasteiger partial charge in [-0.2, -0.15) is 0 Å². The SMILES string of the molecule is CCCCCCOc1ccc2ccc(C(C)=O)cc2c1. The molecule has 0 fully saturated rings. The number of carbonyl (C=O) groups excluding carboxylic acids is 1. The molecule has 0 saturated carbocycles. The molecule has 2 heteroatoms. The van der Waals surface area contributed by atoms with Crippen LogP contribution in [-0.2, 0) is 0 Å². The van der Waals surface area contributed by atoms with Crippen LogP contribution < -0.4 is 4.74 Å². The summed E-state index contributed by atoms with van der Waals surface area (Å²) in [5, 5.41) is 2.19. The summed E-state index contributed by atoms with van der Waals surface area (Å²) in [5.41, 5.74) is 0.748. The lowest BCUT2D eigenvalue weighted by atomic mass is 10.0. The third-order valence-electron chi connectivity index (χ3n) is 3.48. The zero-order valence-electron chi connectivity index (χ0n) is 12.3. The molecule has 2 rings (SSSR count). The predicted molar refractivity (Wildman–Crippen MR) is 83.6 cm³/mol. The summed E-state index contributed by atoms with van der Waals surface area (Å²) < 4.78 is 5.78. The molecule has 0 amide bonds. The first-order chi connectivity index (χ1) is 9.70. The summed E-state index contributed by atoms with van der Waals surface area (Å²) in [5.74, 6) is 0.979. The molecule has 0 bridgehead atoms. The van der Waals surface area contributed by atoms with Crippen molar-refractivity contribution in [1.82, 2.24) is 0 Å². The molecule has 0 N–H and O–H groups in total. The average molecular weight is 270 g/mol. The Bertz CT molecular complexity index is 587. The molecule has 2 aromatic carbocycles. The third kappa shape index (κ3) is 3.83. The van der Waals surface area contributed by atoms with Crippen molar-refractivity contribution in [2.24, 2.45) is 0 Å². The van der Waals surface area contributed by atoms with Crippen LogP contribution in [0.5, 0.6) is 5.75 Å². The second-order valence-corrected chi connectivity index (χ2v) is 5.19. The second-order valence-electron chi connectivity index (χ2n) is 5.19. The Morgan fingerprint density at radius 2 is 1.80 bits per heavy atom. The number of unbranched alkanes of at least 4 members (excludes halogenated alkanes) is 3. The van der Waals surface area contributed by atoms with Gasteiger partial charge in [-0.1, -0.05) is 44.4 Å². The fourth-order valence-corrected chi connectivity index (χ4v) is 2.25. The van der Waals surface area contributed by atoms with Crippen molar-refractivity contribution >= 4 is 16.6 Å². The summed E-state index contributed by atoms with van der Waals surface area (Å²) in [6.07, 6.45) is 4.82. The Hall–Kier alpha value is -1.83. The minimum Gasteiger partial charge on any atom is -0.494 e. The number of hydrogen-bond acceptors (Lipinski definition) is 2. The Morgan fingerprint density at radius 3 is 2.55 bits per heavy atom. The molecule has 20 heavy (non-hydrogen) atoms. The molecule has 0 atom stereocenters. The first-order valence-corrected chi connectivity index (χ1v) is 7.38. The zero-order valence-corrected chi connectivity index (χ0v) is 12.3. The topological polar surface area (TPSA) is 26.3 Å². The van der Waals surface area contributed by atoms with Crippen LogP contribution in [-0.4, -0.2) is 12.4 Å². The van der Waals surface area contributed by atoms with Crippen LogP contribution in [0, 0.1) is 0 Å². The number of ketones is 1. The van der Waals surface area contributed by atoms with Crippen LogP contribution >= 0.6 is 0 Å². The molecule has 2 aromatic rings. The maximum Gasteiger partial charge on any atom is 0.159 e. The van der Waals surface area contributed by atoms with Gasteiger partial charge < -0.3 is 4.74 Å². The van der Waals surface area contributed by atoms with E-state index in [-0.39, 0.29) is 5.78 Å². The molecule has 2 nitrogen and oxygen atoms in total. The van der Waals surface area contributed by atoms with Gasteiger partial charge in [0.15, 0.2) is 5.78 Å². The lowest BCUT2D eigenvalue weighted by Gasteiger charge is -2.08. The maximum atomic E-state index is 11.4. The first kappa shape index (κ1) is 14.6. The van der Waals surface area contributed by atoms with E-state index in [1.807, 2.05) is 36.4 Å².